The van der Waals surface area contributed by atoms with Crippen molar-refractivity contribution >= 4 is 0 Å². The van der Waals surface area contributed by atoms with Gasteiger partial charge in [0.05, 0.1) is 7.45 Å². The lowest BCUT2D eigenvalue weighted by Gasteiger charge is -2.25. The molecule has 0 aromatic rings. The standard InChI is InChI=1S/C6H13NO/c1-7-4-2-6(8)3-5-7/h6,8H,2-5H2,1H3/i1D3,2D2,3D2,4D2,5D2,6D. The van der Waals surface area contributed by atoms with E-state index in [1.165, 1.54) is 0 Å². The van der Waals surface area contributed by atoms with Gasteiger partial charge in [-0.1, -0.05) is 0 Å². The molecule has 1 rings (SSSR count). The highest BCUT2D eigenvalue weighted by Gasteiger charge is 2.12. The minimum absolute atomic E-state index is 0.587. The summed E-state index contributed by atoms with van der Waals surface area (Å²) in [7, 11) is 0. The molecule has 0 bridgehead atoms. The van der Waals surface area contributed by atoms with E-state index in [2.05, 4.69) is 0 Å². The van der Waals surface area contributed by atoms with Gasteiger partial charge in [0.25, 0.3) is 0 Å². The first kappa shape index (κ1) is 0.956. The molecule has 48 valence electrons. The van der Waals surface area contributed by atoms with Crippen molar-refractivity contribution in [2.45, 2.75) is 18.8 Å². The summed E-state index contributed by atoms with van der Waals surface area (Å²) in [5.41, 5.74) is 0. The molecule has 1 N–H and O–H groups in total. The Kier molecular flexibility index (Phi) is 0.294. The molecule has 1 heterocycles. The predicted molar refractivity (Wildman–Crippen MR) is 32.7 cm³/mol. The number of hydrogen-bond donors (Lipinski definition) is 1. The van der Waals surface area contributed by atoms with Crippen LogP contribution in [0.5, 0.6) is 0 Å². The first-order valence-corrected chi connectivity index (χ1v) is 1.89. The van der Waals surface area contributed by atoms with Crippen LogP contribution in [0.4, 0.5) is 0 Å². The number of piperidine rings is 1. The summed E-state index contributed by atoms with van der Waals surface area (Å²) in [4.78, 5) is -0.587. The zero-order chi connectivity index (χ0) is 16.6. The lowest BCUT2D eigenvalue weighted by molar-refractivity contribution is 0.0943. The highest BCUT2D eigenvalue weighted by molar-refractivity contribution is 4.67. The molecule has 0 unspecified atom stereocenters. The Labute approximate surface area is 67.0 Å². The second-order valence-electron chi connectivity index (χ2n) is 1.16. The molecule has 1 aliphatic heterocycles. The van der Waals surface area contributed by atoms with E-state index in [0.29, 0.717) is 0 Å². The zero-order valence-corrected chi connectivity index (χ0v) is 3.89. The van der Waals surface area contributed by atoms with Crippen molar-refractivity contribution in [2.24, 2.45) is 0 Å². The van der Waals surface area contributed by atoms with E-state index in [-0.39, 0.29) is 0 Å². The van der Waals surface area contributed by atoms with Crippen LogP contribution >= 0.6 is 0 Å². The first-order valence-electron chi connectivity index (χ1n) is 7.89. The van der Waals surface area contributed by atoms with Gasteiger partial charge >= 0.3 is 0 Å². The van der Waals surface area contributed by atoms with Crippen molar-refractivity contribution in [3.05, 3.63) is 0 Å². The number of likely N-dealkylation sites (tertiary alicyclic amines) is 1. The summed E-state index contributed by atoms with van der Waals surface area (Å²) in [5, 5.41) is 9.71. The number of aliphatic hydroxyl groups is 1. The molecule has 2 heteroatoms. The smallest absolute Gasteiger partial charge is 0.0601 e. The van der Waals surface area contributed by atoms with Crippen LogP contribution in [0.3, 0.4) is 0 Å². The molecule has 1 aliphatic rings. The van der Waals surface area contributed by atoms with Gasteiger partial charge in [0.1, 0.15) is 0 Å². The van der Waals surface area contributed by atoms with Crippen LogP contribution < -0.4 is 0 Å². The number of hydrogen-bond acceptors (Lipinski definition) is 2. The quantitative estimate of drug-likeness (QED) is 0.498. The average molecular weight is 127 g/mol. The van der Waals surface area contributed by atoms with Crippen LogP contribution in [-0.2, 0) is 0 Å². The van der Waals surface area contributed by atoms with Gasteiger partial charge in [0.15, 0.2) is 0 Å². The molecule has 8 heavy (non-hydrogen) atoms. The Bertz CT molecular complexity index is 381. The maximum absolute atomic E-state index is 9.71. The fraction of sp³-hybridized carbons (Fsp3) is 1.00. The molecule has 2 nitrogen and oxygen atoms in total. The molecular formula is C6H13NO. The van der Waals surface area contributed by atoms with Crippen molar-refractivity contribution in [3.63, 3.8) is 0 Å². The molecule has 0 atom stereocenters. The topological polar surface area (TPSA) is 23.5 Å². The van der Waals surface area contributed by atoms with E-state index < -0.39 is 43.7 Å². The van der Waals surface area contributed by atoms with Gasteiger partial charge in [0, 0.05) is 28.1 Å². The largest absolute Gasteiger partial charge is 0.393 e. The monoisotopic (exact) mass is 127 g/mol. The van der Waals surface area contributed by atoms with Gasteiger partial charge in [-0.15, -0.1) is 0 Å². The molecular weight excluding hydrogens is 102 g/mol. The molecule has 0 amide bonds. The third-order valence-corrected chi connectivity index (χ3v) is 0.572. The van der Waals surface area contributed by atoms with E-state index in [1.807, 2.05) is 0 Å². The summed E-state index contributed by atoms with van der Waals surface area (Å²) in [6, 6.07) is 0. The molecule has 1 saturated heterocycles. The lowest BCUT2D eigenvalue weighted by atomic mass is 10.1. The Morgan fingerprint density at radius 2 is 2.50 bits per heavy atom. The summed E-state index contributed by atoms with van der Waals surface area (Å²) in [5.74, 6) is 0. The third kappa shape index (κ3) is 1.46. The Balaban J connectivity index is 3.74. The van der Waals surface area contributed by atoms with Gasteiger partial charge in [-0.3, -0.25) is 0 Å². The minimum atomic E-state index is -3.84. The maximum Gasteiger partial charge on any atom is 0.0601 e. The van der Waals surface area contributed by atoms with Crippen LogP contribution in [-0.4, -0.2) is 36.1 Å². The normalized spacial score (nSPS) is 79.1. The summed E-state index contributed by atoms with van der Waals surface area (Å²) < 4.78 is 88.4. The SMILES string of the molecule is [2H]C([2H])([2H])N1C([2H])([2H])C([2H])([2H])C([2H])(O)C([2H])([2H])C1([2H])[2H]. The number of nitrogens with zero attached hydrogens (tertiary/aromatic N) is 1. The fourth-order valence-electron chi connectivity index (χ4n) is 0.277. The molecule has 1 fully saturated rings. The van der Waals surface area contributed by atoms with Crippen LogP contribution in [0.25, 0.3) is 0 Å². The summed E-state index contributed by atoms with van der Waals surface area (Å²) >= 11 is 0. The van der Waals surface area contributed by atoms with E-state index in [4.69, 9.17) is 16.4 Å². The Hall–Kier alpha value is -0.0800. The Morgan fingerprint density at radius 3 is 3.00 bits per heavy atom. The van der Waals surface area contributed by atoms with Crippen molar-refractivity contribution in [2.75, 3.05) is 20.0 Å². The van der Waals surface area contributed by atoms with Gasteiger partial charge in [-0.2, -0.15) is 0 Å². The van der Waals surface area contributed by atoms with Gasteiger partial charge in [-0.25, -0.2) is 0 Å². The average Bonchev–Trinajstić information content (AvgIpc) is 2.11. The van der Waals surface area contributed by atoms with Gasteiger partial charge < -0.3 is 10.0 Å². The maximum atomic E-state index is 9.71. The van der Waals surface area contributed by atoms with Crippen molar-refractivity contribution in [3.8, 4) is 0 Å². The molecule has 0 saturated carbocycles. The Morgan fingerprint density at radius 1 is 1.88 bits per heavy atom. The van der Waals surface area contributed by atoms with Crippen LogP contribution in [0.2, 0.25) is 0 Å². The second-order valence-corrected chi connectivity index (χ2v) is 1.16. The fourth-order valence-corrected chi connectivity index (χ4v) is 0.277. The van der Waals surface area contributed by atoms with Crippen molar-refractivity contribution in [1.82, 2.24) is 4.90 Å². The summed E-state index contributed by atoms with van der Waals surface area (Å²) in [6.07, 6.45) is -11.2. The zero-order valence-electron chi connectivity index (χ0n) is 15.9. The van der Waals surface area contributed by atoms with Gasteiger partial charge in [-0.05, 0) is 19.7 Å². The highest BCUT2D eigenvalue weighted by atomic mass is 16.3. The van der Waals surface area contributed by atoms with Crippen molar-refractivity contribution < 1.29 is 21.6 Å². The molecule has 0 aliphatic carbocycles. The lowest BCUT2D eigenvalue weighted by Crippen LogP contribution is -2.32. The van der Waals surface area contributed by atoms with Gasteiger partial charge in [0.2, 0.25) is 0 Å². The van der Waals surface area contributed by atoms with E-state index in [1.54, 1.807) is 0 Å². The van der Waals surface area contributed by atoms with Crippen LogP contribution in [0.15, 0.2) is 0 Å². The van der Waals surface area contributed by atoms with E-state index in [0.717, 1.165) is 0 Å². The summed E-state index contributed by atoms with van der Waals surface area (Å²) in [6.45, 7) is -10.8. The second kappa shape index (κ2) is 2.46. The minimum Gasteiger partial charge on any atom is -0.393 e. The highest BCUT2D eigenvalue weighted by Crippen LogP contribution is 2.06. The van der Waals surface area contributed by atoms with Crippen LogP contribution in [0, 0.1) is 0 Å². The predicted octanol–water partition coefficient (Wildman–Crippen LogP) is 0.0729. The molecule has 0 aromatic heterocycles. The third-order valence-electron chi connectivity index (χ3n) is 0.572. The molecule has 0 radical (unpaired) electrons. The van der Waals surface area contributed by atoms with E-state index >= 15 is 0 Å². The molecule has 0 aromatic carbocycles. The van der Waals surface area contributed by atoms with E-state index in [9.17, 15) is 5.11 Å². The first-order chi connectivity index (χ1) is 8.37. The molecule has 0 spiro atoms. The number of rotatable bonds is 0. The van der Waals surface area contributed by atoms with Crippen LogP contribution in [0.1, 0.15) is 29.2 Å². The van der Waals surface area contributed by atoms with Crippen molar-refractivity contribution in [1.29, 1.82) is 0 Å².